The molecule has 0 saturated carbocycles. The molecule has 0 aliphatic rings. The maximum Gasteiger partial charge on any atom is 0.244 e. The van der Waals surface area contributed by atoms with Gasteiger partial charge in [0.05, 0.1) is 18.7 Å². The minimum atomic E-state index is -3.77. The standard InChI is InChI=1S/C19H19BrN2O4S/c1-13(12-26-17-7-3-6-16-15(17)5-4-10-21-16)22-27(23,24)19-11-14(20)8-9-18(19)25-2/h3-11,13,22H,12H2,1-2H3/t13-/m0/s1. The Morgan fingerprint density at radius 2 is 1.96 bits per heavy atom. The van der Waals surface area contributed by atoms with Crippen LogP contribution in [0.5, 0.6) is 11.5 Å². The zero-order valence-corrected chi connectivity index (χ0v) is 17.2. The molecule has 0 radical (unpaired) electrons. The summed E-state index contributed by atoms with van der Waals surface area (Å²) in [6.07, 6.45) is 1.72. The first-order valence-electron chi connectivity index (χ1n) is 8.23. The van der Waals surface area contributed by atoms with Crippen molar-refractivity contribution in [3.05, 3.63) is 59.2 Å². The molecule has 27 heavy (non-hydrogen) atoms. The van der Waals surface area contributed by atoms with Gasteiger partial charge >= 0.3 is 0 Å². The molecule has 8 heteroatoms. The van der Waals surface area contributed by atoms with Gasteiger partial charge in [-0.25, -0.2) is 13.1 Å². The molecule has 0 amide bonds. The monoisotopic (exact) mass is 450 g/mol. The van der Waals surface area contributed by atoms with Crippen LogP contribution in [-0.2, 0) is 10.0 Å². The van der Waals surface area contributed by atoms with Crippen LogP contribution in [0.1, 0.15) is 6.92 Å². The van der Waals surface area contributed by atoms with E-state index >= 15 is 0 Å². The number of pyridine rings is 1. The van der Waals surface area contributed by atoms with E-state index in [-0.39, 0.29) is 17.3 Å². The molecule has 1 atom stereocenters. The van der Waals surface area contributed by atoms with Gasteiger partial charge < -0.3 is 9.47 Å². The number of aromatic nitrogens is 1. The van der Waals surface area contributed by atoms with Gasteiger partial charge in [-0.2, -0.15) is 0 Å². The van der Waals surface area contributed by atoms with Crippen LogP contribution in [0, 0.1) is 0 Å². The zero-order chi connectivity index (χ0) is 19.4. The van der Waals surface area contributed by atoms with Crippen molar-refractivity contribution >= 4 is 36.9 Å². The largest absolute Gasteiger partial charge is 0.495 e. The van der Waals surface area contributed by atoms with Crippen molar-refractivity contribution in [1.29, 1.82) is 0 Å². The highest BCUT2D eigenvalue weighted by molar-refractivity contribution is 9.10. The first-order valence-corrected chi connectivity index (χ1v) is 10.5. The molecule has 3 aromatic rings. The fourth-order valence-corrected chi connectivity index (χ4v) is 4.57. The van der Waals surface area contributed by atoms with E-state index in [0.717, 1.165) is 10.9 Å². The molecule has 1 N–H and O–H groups in total. The molecule has 1 heterocycles. The van der Waals surface area contributed by atoms with Crippen molar-refractivity contribution in [2.75, 3.05) is 13.7 Å². The lowest BCUT2D eigenvalue weighted by Gasteiger charge is -2.17. The van der Waals surface area contributed by atoms with Crippen LogP contribution in [-0.4, -0.2) is 33.2 Å². The number of fused-ring (bicyclic) bond motifs is 1. The Bertz CT molecular complexity index is 1050. The van der Waals surface area contributed by atoms with Gasteiger partial charge in [-0.1, -0.05) is 22.0 Å². The van der Waals surface area contributed by atoms with Crippen LogP contribution >= 0.6 is 15.9 Å². The van der Waals surface area contributed by atoms with Gasteiger partial charge in [-0.05, 0) is 49.4 Å². The summed E-state index contributed by atoms with van der Waals surface area (Å²) in [7, 11) is -2.34. The molecule has 0 aliphatic carbocycles. The molecule has 0 aliphatic heterocycles. The Kier molecular flexibility index (Phi) is 5.98. The highest BCUT2D eigenvalue weighted by atomic mass is 79.9. The molecule has 142 valence electrons. The van der Waals surface area contributed by atoms with Crippen LogP contribution in [0.3, 0.4) is 0 Å². The number of sulfonamides is 1. The van der Waals surface area contributed by atoms with Crippen molar-refractivity contribution in [3.63, 3.8) is 0 Å². The highest BCUT2D eigenvalue weighted by Gasteiger charge is 2.22. The maximum atomic E-state index is 12.7. The summed E-state index contributed by atoms with van der Waals surface area (Å²) in [5.41, 5.74) is 0.821. The van der Waals surface area contributed by atoms with E-state index < -0.39 is 16.1 Å². The third-order valence-electron chi connectivity index (χ3n) is 3.87. The molecule has 3 rings (SSSR count). The number of benzene rings is 2. The number of hydrogen-bond acceptors (Lipinski definition) is 5. The van der Waals surface area contributed by atoms with E-state index in [4.69, 9.17) is 9.47 Å². The number of ether oxygens (including phenoxy) is 2. The van der Waals surface area contributed by atoms with E-state index in [2.05, 4.69) is 25.6 Å². The first-order chi connectivity index (χ1) is 12.9. The van der Waals surface area contributed by atoms with Crippen LogP contribution in [0.15, 0.2) is 64.1 Å². The number of halogens is 1. The van der Waals surface area contributed by atoms with Crippen LogP contribution in [0.2, 0.25) is 0 Å². The van der Waals surface area contributed by atoms with Crippen LogP contribution < -0.4 is 14.2 Å². The lowest BCUT2D eigenvalue weighted by Crippen LogP contribution is -2.37. The summed E-state index contributed by atoms with van der Waals surface area (Å²) in [4.78, 5) is 4.36. The smallest absolute Gasteiger partial charge is 0.244 e. The summed E-state index contributed by atoms with van der Waals surface area (Å²) in [6, 6.07) is 13.7. The third-order valence-corrected chi connectivity index (χ3v) is 5.97. The van der Waals surface area contributed by atoms with E-state index in [9.17, 15) is 8.42 Å². The molecule has 1 aromatic heterocycles. The van der Waals surface area contributed by atoms with Crippen molar-refractivity contribution in [2.24, 2.45) is 0 Å². The van der Waals surface area contributed by atoms with Gasteiger partial charge in [0.15, 0.2) is 0 Å². The number of nitrogens with one attached hydrogen (secondary N) is 1. The van der Waals surface area contributed by atoms with Crippen molar-refractivity contribution in [1.82, 2.24) is 9.71 Å². The van der Waals surface area contributed by atoms with Gasteiger partial charge in [-0.3, -0.25) is 4.98 Å². The van der Waals surface area contributed by atoms with Crippen molar-refractivity contribution < 1.29 is 17.9 Å². The molecule has 6 nitrogen and oxygen atoms in total. The maximum absolute atomic E-state index is 12.7. The molecule has 0 bridgehead atoms. The predicted molar refractivity (Wildman–Crippen MR) is 108 cm³/mol. The van der Waals surface area contributed by atoms with Crippen LogP contribution in [0.25, 0.3) is 10.9 Å². The van der Waals surface area contributed by atoms with E-state index in [0.29, 0.717) is 10.2 Å². The number of nitrogens with zero attached hydrogens (tertiary/aromatic N) is 1. The van der Waals surface area contributed by atoms with E-state index in [1.165, 1.54) is 13.2 Å². The Balaban J connectivity index is 1.73. The average molecular weight is 451 g/mol. The topological polar surface area (TPSA) is 77.5 Å². The Morgan fingerprint density at radius 1 is 1.15 bits per heavy atom. The predicted octanol–water partition coefficient (Wildman–Crippen LogP) is 3.75. The summed E-state index contributed by atoms with van der Waals surface area (Å²) in [5, 5.41) is 0.878. The molecule has 0 saturated heterocycles. The summed E-state index contributed by atoms with van der Waals surface area (Å²) in [6.45, 7) is 1.91. The van der Waals surface area contributed by atoms with Gasteiger partial charge in [0, 0.05) is 16.1 Å². The second-order valence-electron chi connectivity index (χ2n) is 5.95. The first kappa shape index (κ1) is 19.6. The molecular weight excluding hydrogens is 432 g/mol. The van der Waals surface area contributed by atoms with E-state index in [1.54, 1.807) is 25.3 Å². The summed E-state index contributed by atoms with van der Waals surface area (Å²) < 4.78 is 39.7. The number of rotatable bonds is 7. The van der Waals surface area contributed by atoms with Crippen molar-refractivity contribution in [3.8, 4) is 11.5 Å². The quantitative estimate of drug-likeness (QED) is 0.592. The lowest BCUT2D eigenvalue weighted by molar-refractivity contribution is 0.290. The van der Waals surface area contributed by atoms with Crippen molar-refractivity contribution in [2.45, 2.75) is 17.9 Å². The summed E-state index contributed by atoms with van der Waals surface area (Å²) >= 11 is 3.29. The number of methoxy groups -OCH3 is 1. The average Bonchev–Trinajstić information content (AvgIpc) is 2.66. The van der Waals surface area contributed by atoms with Crippen LogP contribution in [0.4, 0.5) is 0 Å². The normalized spacial score (nSPS) is 12.7. The SMILES string of the molecule is COc1ccc(Br)cc1S(=O)(=O)N[C@@H](C)COc1cccc2ncccc12. The van der Waals surface area contributed by atoms with Gasteiger partial charge in [0.25, 0.3) is 0 Å². The van der Waals surface area contributed by atoms with Gasteiger partial charge in [0.1, 0.15) is 23.0 Å². The Morgan fingerprint density at radius 3 is 2.74 bits per heavy atom. The third kappa shape index (κ3) is 4.58. The molecule has 0 spiro atoms. The van der Waals surface area contributed by atoms with Gasteiger partial charge in [0.2, 0.25) is 10.0 Å². The molecule has 0 fully saturated rings. The molecular formula is C19H19BrN2O4S. The fraction of sp³-hybridized carbons (Fsp3) is 0.211. The summed E-state index contributed by atoms with van der Waals surface area (Å²) in [5.74, 6) is 0.936. The molecule has 0 unspecified atom stereocenters. The molecule has 2 aromatic carbocycles. The van der Waals surface area contributed by atoms with Gasteiger partial charge in [-0.15, -0.1) is 0 Å². The minimum absolute atomic E-state index is 0.0700. The van der Waals surface area contributed by atoms with E-state index in [1.807, 2.05) is 30.3 Å². The Hall–Kier alpha value is -2.16. The fourth-order valence-electron chi connectivity index (χ4n) is 2.64. The Labute approximate surface area is 166 Å². The lowest BCUT2D eigenvalue weighted by atomic mass is 10.2. The second kappa shape index (κ2) is 8.24. The zero-order valence-electron chi connectivity index (χ0n) is 14.8. The highest BCUT2D eigenvalue weighted by Crippen LogP contribution is 2.27. The minimum Gasteiger partial charge on any atom is -0.495 e. The second-order valence-corrected chi connectivity index (χ2v) is 8.55. The number of hydrogen-bond donors (Lipinski definition) is 1.